The molecule has 0 saturated heterocycles. The molecule has 0 saturated carbocycles. The SMILES string of the molecule is CC(=O)NC(COCc1ccccc1)C(O)COCc1ccccc1. The zero-order chi connectivity index (χ0) is 17.9. The highest BCUT2D eigenvalue weighted by atomic mass is 16.5. The number of benzene rings is 2. The minimum Gasteiger partial charge on any atom is -0.388 e. The first-order chi connectivity index (χ1) is 12.1. The van der Waals surface area contributed by atoms with Crippen LogP contribution < -0.4 is 5.32 Å². The smallest absolute Gasteiger partial charge is 0.217 e. The summed E-state index contributed by atoms with van der Waals surface area (Å²) in [5.74, 6) is -0.213. The van der Waals surface area contributed by atoms with E-state index in [0.29, 0.717) is 13.2 Å². The first-order valence-corrected chi connectivity index (χ1v) is 8.33. The number of carbonyl (C=O) groups excluding carboxylic acids is 1. The van der Waals surface area contributed by atoms with E-state index in [0.717, 1.165) is 11.1 Å². The van der Waals surface area contributed by atoms with Crippen LogP contribution in [-0.2, 0) is 27.5 Å². The molecule has 5 nitrogen and oxygen atoms in total. The maximum atomic E-state index is 11.4. The molecule has 0 spiro atoms. The van der Waals surface area contributed by atoms with Gasteiger partial charge in [0.15, 0.2) is 0 Å². The van der Waals surface area contributed by atoms with Crippen LogP contribution in [0.15, 0.2) is 60.7 Å². The number of hydrogen-bond acceptors (Lipinski definition) is 4. The predicted octanol–water partition coefficient (Wildman–Crippen LogP) is 2.29. The van der Waals surface area contributed by atoms with Crippen molar-refractivity contribution < 1.29 is 19.4 Å². The van der Waals surface area contributed by atoms with E-state index >= 15 is 0 Å². The van der Waals surface area contributed by atoms with Gasteiger partial charge in [-0.2, -0.15) is 0 Å². The number of hydrogen-bond donors (Lipinski definition) is 2. The molecule has 2 unspecified atom stereocenters. The van der Waals surface area contributed by atoms with Crippen molar-refractivity contribution in [1.82, 2.24) is 5.32 Å². The summed E-state index contributed by atoms with van der Waals surface area (Å²) >= 11 is 0. The van der Waals surface area contributed by atoms with Crippen LogP contribution in [0, 0.1) is 0 Å². The fourth-order valence-electron chi connectivity index (χ4n) is 2.38. The molecule has 25 heavy (non-hydrogen) atoms. The van der Waals surface area contributed by atoms with Gasteiger partial charge >= 0.3 is 0 Å². The molecular formula is C20H25NO4. The van der Waals surface area contributed by atoms with E-state index in [4.69, 9.17) is 9.47 Å². The first-order valence-electron chi connectivity index (χ1n) is 8.33. The number of aliphatic hydroxyl groups excluding tert-OH is 1. The van der Waals surface area contributed by atoms with E-state index in [9.17, 15) is 9.90 Å². The fraction of sp³-hybridized carbons (Fsp3) is 0.350. The van der Waals surface area contributed by atoms with Crippen LogP contribution in [0.2, 0.25) is 0 Å². The summed E-state index contributed by atoms with van der Waals surface area (Å²) in [6.45, 7) is 2.59. The second-order valence-electron chi connectivity index (χ2n) is 5.88. The maximum Gasteiger partial charge on any atom is 0.217 e. The average molecular weight is 343 g/mol. The van der Waals surface area contributed by atoms with Gasteiger partial charge in [-0.05, 0) is 11.1 Å². The normalized spacial score (nSPS) is 13.2. The van der Waals surface area contributed by atoms with Gasteiger partial charge in [0.1, 0.15) is 0 Å². The van der Waals surface area contributed by atoms with E-state index < -0.39 is 12.1 Å². The number of amides is 1. The Morgan fingerprint density at radius 2 is 1.40 bits per heavy atom. The van der Waals surface area contributed by atoms with Crippen LogP contribution in [0.4, 0.5) is 0 Å². The Morgan fingerprint density at radius 3 is 1.88 bits per heavy atom. The number of aliphatic hydroxyl groups is 1. The molecule has 0 aliphatic carbocycles. The molecule has 0 heterocycles. The second-order valence-corrected chi connectivity index (χ2v) is 5.88. The first kappa shape index (κ1) is 19.1. The standard InChI is InChI=1S/C20H25NO4/c1-16(22)21-19(14-24-12-17-8-4-2-5-9-17)20(23)15-25-13-18-10-6-3-7-11-18/h2-11,19-20,23H,12-15H2,1H3,(H,21,22). The molecule has 134 valence electrons. The van der Waals surface area contributed by atoms with Crippen LogP contribution in [0.1, 0.15) is 18.1 Å². The van der Waals surface area contributed by atoms with Gasteiger partial charge in [-0.1, -0.05) is 60.7 Å². The van der Waals surface area contributed by atoms with Gasteiger partial charge in [0.05, 0.1) is 38.6 Å². The van der Waals surface area contributed by atoms with Crippen LogP contribution >= 0.6 is 0 Å². The topological polar surface area (TPSA) is 67.8 Å². The molecule has 2 aromatic rings. The van der Waals surface area contributed by atoms with Crippen LogP contribution in [0.5, 0.6) is 0 Å². The monoisotopic (exact) mass is 343 g/mol. The van der Waals surface area contributed by atoms with Gasteiger partial charge in [-0.15, -0.1) is 0 Å². The van der Waals surface area contributed by atoms with Gasteiger partial charge in [0, 0.05) is 6.92 Å². The summed E-state index contributed by atoms with van der Waals surface area (Å²) < 4.78 is 11.2. The van der Waals surface area contributed by atoms with Crippen molar-refractivity contribution in [1.29, 1.82) is 0 Å². The van der Waals surface area contributed by atoms with Gasteiger partial charge in [0.2, 0.25) is 5.91 Å². The van der Waals surface area contributed by atoms with Gasteiger partial charge < -0.3 is 19.9 Å². The third kappa shape index (κ3) is 7.47. The van der Waals surface area contributed by atoms with Gasteiger partial charge in [-0.25, -0.2) is 0 Å². The van der Waals surface area contributed by atoms with Crippen LogP contribution in [-0.4, -0.2) is 36.4 Å². The predicted molar refractivity (Wildman–Crippen MR) is 95.8 cm³/mol. The average Bonchev–Trinajstić information content (AvgIpc) is 2.62. The third-order valence-corrected chi connectivity index (χ3v) is 3.66. The minimum absolute atomic E-state index is 0.120. The lowest BCUT2D eigenvalue weighted by atomic mass is 10.1. The number of rotatable bonds is 10. The Balaban J connectivity index is 1.77. The van der Waals surface area contributed by atoms with Crippen molar-refractivity contribution in [3.63, 3.8) is 0 Å². The highest BCUT2D eigenvalue weighted by Crippen LogP contribution is 2.05. The molecule has 0 bridgehead atoms. The Bertz CT molecular complexity index is 618. The number of nitrogens with one attached hydrogen (secondary N) is 1. The lowest BCUT2D eigenvalue weighted by Gasteiger charge is -2.23. The van der Waals surface area contributed by atoms with Crippen LogP contribution in [0.3, 0.4) is 0 Å². The molecule has 0 aliphatic heterocycles. The molecule has 0 aliphatic rings. The Morgan fingerprint density at radius 1 is 0.920 bits per heavy atom. The molecule has 2 atom stereocenters. The molecule has 1 amide bonds. The van der Waals surface area contributed by atoms with Crippen molar-refractivity contribution in [2.45, 2.75) is 32.3 Å². The quantitative estimate of drug-likeness (QED) is 0.694. The van der Waals surface area contributed by atoms with Crippen molar-refractivity contribution in [2.24, 2.45) is 0 Å². The van der Waals surface area contributed by atoms with Crippen molar-refractivity contribution in [2.75, 3.05) is 13.2 Å². The summed E-state index contributed by atoms with van der Waals surface area (Å²) in [5, 5.41) is 13.0. The third-order valence-electron chi connectivity index (χ3n) is 3.66. The second kappa shape index (κ2) is 10.6. The zero-order valence-corrected chi connectivity index (χ0v) is 14.4. The number of ether oxygens (including phenoxy) is 2. The fourth-order valence-corrected chi connectivity index (χ4v) is 2.38. The molecule has 0 aromatic heterocycles. The van der Waals surface area contributed by atoms with E-state index in [1.54, 1.807) is 0 Å². The Labute approximate surface area is 148 Å². The molecule has 2 aromatic carbocycles. The minimum atomic E-state index is -0.844. The molecule has 0 fully saturated rings. The molecule has 2 rings (SSSR count). The Hall–Kier alpha value is -2.21. The van der Waals surface area contributed by atoms with Gasteiger partial charge in [0.25, 0.3) is 0 Å². The highest BCUT2D eigenvalue weighted by Gasteiger charge is 2.20. The summed E-state index contributed by atoms with van der Waals surface area (Å²) in [6, 6.07) is 19.0. The van der Waals surface area contributed by atoms with E-state index in [-0.39, 0.29) is 19.1 Å². The van der Waals surface area contributed by atoms with Gasteiger partial charge in [-0.3, -0.25) is 4.79 Å². The van der Waals surface area contributed by atoms with Crippen LogP contribution in [0.25, 0.3) is 0 Å². The summed E-state index contributed by atoms with van der Waals surface area (Å²) in [5.41, 5.74) is 2.07. The summed E-state index contributed by atoms with van der Waals surface area (Å²) in [4.78, 5) is 11.4. The molecule has 2 N–H and O–H groups in total. The summed E-state index contributed by atoms with van der Waals surface area (Å²) in [6.07, 6.45) is -0.844. The van der Waals surface area contributed by atoms with Crippen molar-refractivity contribution >= 4 is 5.91 Å². The lowest BCUT2D eigenvalue weighted by Crippen LogP contribution is -2.47. The molecule has 0 radical (unpaired) electrons. The van der Waals surface area contributed by atoms with Crippen molar-refractivity contribution in [3.05, 3.63) is 71.8 Å². The van der Waals surface area contributed by atoms with E-state index in [1.807, 2.05) is 60.7 Å². The van der Waals surface area contributed by atoms with E-state index in [1.165, 1.54) is 6.92 Å². The largest absolute Gasteiger partial charge is 0.388 e. The zero-order valence-electron chi connectivity index (χ0n) is 14.4. The Kier molecular flexibility index (Phi) is 8.12. The molecule has 5 heteroatoms. The van der Waals surface area contributed by atoms with Crippen molar-refractivity contribution in [3.8, 4) is 0 Å². The van der Waals surface area contributed by atoms with E-state index in [2.05, 4.69) is 5.32 Å². The molecular weight excluding hydrogens is 318 g/mol. The summed E-state index contributed by atoms with van der Waals surface area (Å²) in [7, 11) is 0. The highest BCUT2D eigenvalue weighted by molar-refractivity contribution is 5.73. The maximum absolute atomic E-state index is 11.4. The number of carbonyl (C=O) groups is 1. The lowest BCUT2D eigenvalue weighted by molar-refractivity contribution is -0.122.